The maximum absolute atomic E-state index is 12.0. The monoisotopic (exact) mass is 223 g/mol. The summed E-state index contributed by atoms with van der Waals surface area (Å²) in [4.78, 5) is 13.6. The summed E-state index contributed by atoms with van der Waals surface area (Å²) in [6, 6.07) is 1.98. The van der Waals surface area contributed by atoms with Crippen LogP contribution in [0.15, 0.2) is 12.3 Å². The third kappa shape index (κ3) is 2.09. The normalized spacial score (nSPS) is 20.8. The van der Waals surface area contributed by atoms with Gasteiger partial charge in [-0.1, -0.05) is 0 Å². The molecule has 1 saturated heterocycles. The van der Waals surface area contributed by atoms with Crippen molar-refractivity contribution in [2.24, 2.45) is 0 Å². The number of nitrogens with zero attached hydrogens (tertiary/aromatic N) is 3. The van der Waals surface area contributed by atoms with E-state index in [1.807, 2.05) is 20.0 Å². The summed E-state index contributed by atoms with van der Waals surface area (Å²) in [6.45, 7) is 5.07. The second-order valence-electron chi connectivity index (χ2n) is 4.47. The SMILES string of the molecule is CC(C)n1ccc(C(=O)N2CC[C@H](O)C2)n1. The van der Waals surface area contributed by atoms with Crippen LogP contribution >= 0.6 is 0 Å². The van der Waals surface area contributed by atoms with Crippen LogP contribution in [0.4, 0.5) is 0 Å². The number of aliphatic hydroxyl groups excluding tert-OH is 1. The van der Waals surface area contributed by atoms with Crippen molar-refractivity contribution in [3.63, 3.8) is 0 Å². The Kier molecular flexibility index (Phi) is 2.96. The third-order valence-corrected chi connectivity index (χ3v) is 2.81. The second kappa shape index (κ2) is 4.25. The van der Waals surface area contributed by atoms with Crippen molar-refractivity contribution in [3.05, 3.63) is 18.0 Å². The standard InChI is InChI=1S/C11H17N3O2/c1-8(2)14-6-4-10(12-14)11(16)13-5-3-9(15)7-13/h4,6,8-9,15H,3,5,7H2,1-2H3/t9-/m0/s1. The van der Waals surface area contributed by atoms with Gasteiger partial charge in [-0.3, -0.25) is 9.48 Å². The fourth-order valence-corrected chi connectivity index (χ4v) is 1.83. The van der Waals surface area contributed by atoms with E-state index < -0.39 is 0 Å². The molecule has 1 aliphatic heterocycles. The van der Waals surface area contributed by atoms with E-state index in [1.54, 1.807) is 15.6 Å². The Balaban J connectivity index is 2.09. The molecular formula is C11H17N3O2. The van der Waals surface area contributed by atoms with Gasteiger partial charge in [-0.05, 0) is 26.3 Å². The largest absolute Gasteiger partial charge is 0.391 e. The van der Waals surface area contributed by atoms with Crippen LogP contribution in [-0.2, 0) is 0 Å². The lowest BCUT2D eigenvalue weighted by molar-refractivity contribution is 0.0758. The van der Waals surface area contributed by atoms with Gasteiger partial charge in [0.25, 0.3) is 5.91 Å². The summed E-state index contributed by atoms with van der Waals surface area (Å²) in [5, 5.41) is 13.6. The maximum Gasteiger partial charge on any atom is 0.274 e. The predicted octanol–water partition coefficient (Wildman–Crippen LogP) is 0.671. The lowest BCUT2D eigenvalue weighted by atomic mass is 10.3. The molecule has 2 rings (SSSR count). The molecule has 1 amide bonds. The topological polar surface area (TPSA) is 58.4 Å². The highest BCUT2D eigenvalue weighted by molar-refractivity contribution is 5.92. The van der Waals surface area contributed by atoms with Gasteiger partial charge in [-0.25, -0.2) is 0 Å². The minimum Gasteiger partial charge on any atom is -0.391 e. The van der Waals surface area contributed by atoms with Crippen molar-refractivity contribution in [3.8, 4) is 0 Å². The Morgan fingerprint density at radius 3 is 2.88 bits per heavy atom. The molecule has 1 N–H and O–H groups in total. The molecule has 0 aliphatic carbocycles. The summed E-state index contributed by atoms with van der Waals surface area (Å²) in [5.41, 5.74) is 0.461. The van der Waals surface area contributed by atoms with Gasteiger partial charge in [0.2, 0.25) is 0 Å². The first-order chi connectivity index (χ1) is 7.58. The van der Waals surface area contributed by atoms with Crippen molar-refractivity contribution in [2.75, 3.05) is 13.1 Å². The van der Waals surface area contributed by atoms with E-state index in [0.29, 0.717) is 25.2 Å². The van der Waals surface area contributed by atoms with Crippen LogP contribution in [0.2, 0.25) is 0 Å². The van der Waals surface area contributed by atoms with Gasteiger partial charge in [0.05, 0.1) is 6.10 Å². The van der Waals surface area contributed by atoms with E-state index in [9.17, 15) is 9.90 Å². The van der Waals surface area contributed by atoms with Gasteiger partial charge >= 0.3 is 0 Å². The summed E-state index contributed by atoms with van der Waals surface area (Å²) in [6.07, 6.45) is 2.09. The highest BCUT2D eigenvalue weighted by Crippen LogP contribution is 2.13. The molecular weight excluding hydrogens is 206 g/mol. The van der Waals surface area contributed by atoms with E-state index in [0.717, 1.165) is 0 Å². The fourth-order valence-electron chi connectivity index (χ4n) is 1.83. The molecule has 5 nitrogen and oxygen atoms in total. The van der Waals surface area contributed by atoms with Crippen LogP contribution in [0.5, 0.6) is 0 Å². The number of rotatable bonds is 2. The van der Waals surface area contributed by atoms with Crippen LogP contribution in [0, 0.1) is 0 Å². The van der Waals surface area contributed by atoms with Crippen molar-refractivity contribution >= 4 is 5.91 Å². The van der Waals surface area contributed by atoms with Crippen LogP contribution < -0.4 is 0 Å². The molecule has 0 radical (unpaired) electrons. The van der Waals surface area contributed by atoms with Crippen LogP contribution in [0.1, 0.15) is 36.8 Å². The van der Waals surface area contributed by atoms with Crippen LogP contribution in [0.25, 0.3) is 0 Å². The molecule has 1 aromatic heterocycles. The molecule has 1 atom stereocenters. The van der Waals surface area contributed by atoms with E-state index in [2.05, 4.69) is 5.10 Å². The van der Waals surface area contributed by atoms with Crippen LogP contribution in [0.3, 0.4) is 0 Å². The molecule has 0 saturated carbocycles. The van der Waals surface area contributed by atoms with E-state index in [4.69, 9.17) is 0 Å². The summed E-state index contributed by atoms with van der Waals surface area (Å²) in [5.74, 6) is -0.0871. The quantitative estimate of drug-likeness (QED) is 0.801. The zero-order valence-corrected chi connectivity index (χ0v) is 9.63. The molecule has 88 valence electrons. The molecule has 16 heavy (non-hydrogen) atoms. The number of hydrogen-bond acceptors (Lipinski definition) is 3. The number of hydrogen-bond donors (Lipinski definition) is 1. The van der Waals surface area contributed by atoms with Gasteiger partial charge in [0, 0.05) is 25.3 Å². The minimum atomic E-state index is -0.379. The zero-order valence-electron chi connectivity index (χ0n) is 9.63. The van der Waals surface area contributed by atoms with Gasteiger partial charge < -0.3 is 10.0 Å². The average molecular weight is 223 g/mol. The van der Waals surface area contributed by atoms with Crippen LogP contribution in [-0.4, -0.2) is 44.9 Å². The number of β-amino-alcohol motifs (C(OH)–C–C–N with tert-alkyl or cyclic N) is 1. The Hall–Kier alpha value is -1.36. The highest BCUT2D eigenvalue weighted by atomic mass is 16.3. The highest BCUT2D eigenvalue weighted by Gasteiger charge is 2.26. The molecule has 2 heterocycles. The number of carbonyl (C=O) groups is 1. The molecule has 1 aliphatic rings. The molecule has 1 aromatic rings. The lowest BCUT2D eigenvalue weighted by Gasteiger charge is -2.13. The number of aliphatic hydroxyl groups is 1. The van der Waals surface area contributed by atoms with Gasteiger partial charge in [-0.15, -0.1) is 0 Å². The van der Waals surface area contributed by atoms with Crippen molar-refractivity contribution in [1.82, 2.24) is 14.7 Å². The predicted molar refractivity (Wildman–Crippen MR) is 59.1 cm³/mol. The number of likely N-dealkylation sites (tertiary alicyclic amines) is 1. The Morgan fingerprint density at radius 1 is 1.62 bits per heavy atom. The third-order valence-electron chi connectivity index (χ3n) is 2.81. The first-order valence-electron chi connectivity index (χ1n) is 5.60. The van der Waals surface area contributed by atoms with Gasteiger partial charge in [0.1, 0.15) is 5.69 Å². The Morgan fingerprint density at radius 2 is 2.38 bits per heavy atom. The molecule has 0 spiro atoms. The first-order valence-corrected chi connectivity index (χ1v) is 5.60. The van der Waals surface area contributed by atoms with Crippen molar-refractivity contribution in [2.45, 2.75) is 32.4 Å². The zero-order chi connectivity index (χ0) is 11.7. The summed E-state index contributed by atoms with van der Waals surface area (Å²) in [7, 11) is 0. The minimum absolute atomic E-state index is 0.0871. The van der Waals surface area contributed by atoms with Crippen molar-refractivity contribution in [1.29, 1.82) is 0 Å². The lowest BCUT2D eigenvalue weighted by Crippen LogP contribution is -2.30. The van der Waals surface area contributed by atoms with Crippen molar-refractivity contribution < 1.29 is 9.90 Å². The smallest absolute Gasteiger partial charge is 0.274 e. The number of aromatic nitrogens is 2. The van der Waals surface area contributed by atoms with E-state index in [1.165, 1.54) is 0 Å². The summed E-state index contributed by atoms with van der Waals surface area (Å²) < 4.78 is 1.76. The summed E-state index contributed by atoms with van der Waals surface area (Å²) >= 11 is 0. The molecule has 0 bridgehead atoms. The van der Waals surface area contributed by atoms with E-state index >= 15 is 0 Å². The number of amides is 1. The molecule has 5 heteroatoms. The van der Waals surface area contributed by atoms with Gasteiger partial charge in [-0.2, -0.15) is 5.10 Å². The maximum atomic E-state index is 12.0. The Bertz CT molecular complexity index is 386. The number of carbonyl (C=O) groups excluding carboxylic acids is 1. The average Bonchev–Trinajstić information content (AvgIpc) is 2.84. The first kappa shape index (κ1) is 11.1. The second-order valence-corrected chi connectivity index (χ2v) is 4.47. The Labute approximate surface area is 94.7 Å². The fraction of sp³-hybridized carbons (Fsp3) is 0.636. The molecule has 0 aromatic carbocycles. The molecule has 1 fully saturated rings. The van der Waals surface area contributed by atoms with E-state index in [-0.39, 0.29) is 18.1 Å². The van der Waals surface area contributed by atoms with Gasteiger partial charge in [0.15, 0.2) is 0 Å². The molecule has 0 unspecified atom stereocenters.